The number of rotatable bonds is 5. The van der Waals surface area contributed by atoms with E-state index in [1.807, 2.05) is 42.5 Å². The SMILES string of the molecule is CC(C)(c1ccccc1)c1c(-c2ccccc2)ccc(CO)c1-c1nn[nH]n1. The van der Waals surface area contributed by atoms with E-state index in [1.165, 1.54) is 5.56 Å². The molecule has 1 heterocycles. The molecule has 140 valence electrons. The number of aliphatic hydroxyl groups is 1. The van der Waals surface area contributed by atoms with Gasteiger partial charge in [0.05, 0.1) is 6.61 Å². The molecule has 28 heavy (non-hydrogen) atoms. The lowest BCUT2D eigenvalue weighted by atomic mass is 9.72. The van der Waals surface area contributed by atoms with E-state index < -0.39 is 0 Å². The molecule has 0 fully saturated rings. The molecular weight excluding hydrogens is 348 g/mol. The summed E-state index contributed by atoms with van der Waals surface area (Å²) >= 11 is 0. The zero-order chi connectivity index (χ0) is 19.6. The normalized spacial score (nSPS) is 11.5. The van der Waals surface area contributed by atoms with E-state index in [0.717, 1.165) is 27.8 Å². The molecule has 0 radical (unpaired) electrons. The van der Waals surface area contributed by atoms with Crippen molar-refractivity contribution in [3.05, 3.63) is 89.5 Å². The van der Waals surface area contributed by atoms with Crippen LogP contribution in [0.4, 0.5) is 0 Å². The van der Waals surface area contributed by atoms with Gasteiger partial charge in [-0.05, 0) is 33.0 Å². The number of H-pyrrole nitrogens is 1. The molecule has 0 unspecified atom stereocenters. The smallest absolute Gasteiger partial charge is 0.205 e. The summed E-state index contributed by atoms with van der Waals surface area (Å²) in [7, 11) is 0. The molecule has 5 heteroatoms. The van der Waals surface area contributed by atoms with E-state index >= 15 is 0 Å². The molecule has 0 aliphatic heterocycles. The quantitative estimate of drug-likeness (QED) is 0.548. The summed E-state index contributed by atoms with van der Waals surface area (Å²) in [6.07, 6.45) is 0. The third-order valence-corrected chi connectivity index (χ3v) is 5.24. The molecule has 0 aliphatic rings. The average molecular weight is 370 g/mol. The van der Waals surface area contributed by atoms with Crippen molar-refractivity contribution in [1.29, 1.82) is 0 Å². The van der Waals surface area contributed by atoms with Gasteiger partial charge in [-0.1, -0.05) is 86.6 Å². The van der Waals surface area contributed by atoms with Crippen LogP contribution in [0, 0.1) is 0 Å². The third kappa shape index (κ3) is 3.10. The second-order valence-corrected chi connectivity index (χ2v) is 7.27. The second kappa shape index (κ2) is 7.37. The first-order valence-corrected chi connectivity index (χ1v) is 9.25. The van der Waals surface area contributed by atoms with E-state index in [4.69, 9.17) is 0 Å². The summed E-state index contributed by atoms with van der Waals surface area (Å²) in [6.45, 7) is 4.28. The Labute approximate surface area is 164 Å². The number of aromatic amines is 1. The Morgan fingerprint density at radius 1 is 0.893 bits per heavy atom. The number of hydrogen-bond donors (Lipinski definition) is 2. The Balaban J connectivity index is 2.09. The maximum atomic E-state index is 10.1. The van der Waals surface area contributed by atoms with Crippen LogP contribution in [0.3, 0.4) is 0 Å². The molecule has 0 bridgehead atoms. The average Bonchev–Trinajstić information content (AvgIpc) is 3.28. The zero-order valence-electron chi connectivity index (χ0n) is 15.9. The molecule has 0 atom stereocenters. The lowest BCUT2D eigenvalue weighted by Crippen LogP contribution is -2.22. The van der Waals surface area contributed by atoms with Gasteiger partial charge >= 0.3 is 0 Å². The molecule has 3 aromatic carbocycles. The van der Waals surface area contributed by atoms with Crippen molar-refractivity contribution in [3.63, 3.8) is 0 Å². The Kier molecular flexibility index (Phi) is 4.75. The van der Waals surface area contributed by atoms with Gasteiger partial charge in [-0.25, -0.2) is 0 Å². The summed E-state index contributed by atoms with van der Waals surface area (Å²) in [5.74, 6) is 0.487. The predicted molar refractivity (Wildman–Crippen MR) is 110 cm³/mol. The number of hydrogen-bond acceptors (Lipinski definition) is 4. The number of nitrogens with one attached hydrogen (secondary N) is 1. The first-order chi connectivity index (χ1) is 13.6. The largest absolute Gasteiger partial charge is 0.392 e. The molecule has 0 saturated carbocycles. The minimum Gasteiger partial charge on any atom is -0.392 e. The summed E-state index contributed by atoms with van der Waals surface area (Å²) in [4.78, 5) is 0. The van der Waals surface area contributed by atoms with Gasteiger partial charge in [0.25, 0.3) is 0 Å². The fourth-order valence-electron chi connectivity index (χ4n) is 3.81. The van der Waals surface area contributed by atoms with Gasteiger partial charge in [-0.2, -0.15) is 5.21 Å². The summed E-state index contributed by atoms with van der Waals surface area (Å²) in [5.41, 5.74) is 5.69. The number of aromatic nitrogens is 4. The number of benzene rings is 3. The van der Waals surface area contributed by atoms with Crippen LogP contribution in [-0.4, -0.2) is 25.7 Å². The van der Waals surface area contributed by atoms with Gasteiger partial charge < -0.3 is 5.11 Å². The highest BCUT2D eigenvalue weighted by Gasteiger charge is 2.32. The van der Waals surface area contributed by atoms with Gasteiger partial charge in [0.15, 0.2) is 0 Å². The van der Waals surface area contributed by atoms with Crippen molar-refractivity contribution in [1.82, 2.24) is 20.6 Å². The van der Waals surface area contributed by atoms with Crippen LogP contribution >= 0.6 is 0 Å². The number of tetrazole rings is 1. The molecule has 4 aromatic rings. The fraction of sp³-hybridized carbons (Fsp3) is 0.174. The van der Waals surface area contributed by atoms with Gasteiger partial charge in [0, 0.05) is 11.0 Å². The molecule has 1 aromatic heterocycles. The lowest BCUT2D eigenvalue weighted by molar-refractivity contribution is 0.282. The van der Waals surface area contributed by atoms with Crippen molar-refractivity contribution < 1.29 is 5.11 Å². The van der Waals surface area contributed by atoms with Crippen molar-refractivity contribution in [2.24, 2.45) is 0 Å². The topological polar surface area (TPSA) is 74.7 Å². The summed E-state index contributed by atoms with van der Waals surface area (Å²) in [6, 6.07) is 24.6. The van der Waals surface area contributed by atoms with E-state index in [2.05, 4.69) is 64.8 Å². The fourth-order valence-corrected chi connectivity index (χ4v) is 3.81. The van der Waals surface area contributed by atoms with E-state index in [-0.39, 0.29) is 12.0 Å². The Hall–Kier alpha value is -3.31. The molecule has 2 N–H and O–H groups in total. The standard InChI is InChI=1S/C23H22N4O/c1-23(2,18-11-7-4-8-12-18)21-19(16-9-5-3-6-10-16)14-13-17(15-28)20(21)22-24-26-27-25-22/h3-14,28H,15H2,1-2H3,(H,24,25,26,27). The molecule has 0 spiro atoms. The Morgan fingerprint density at radius 3 is 2.18 bits per heavy atom. The summed E-state index contributed by atoms with van der Waals surface area (Å²) in [5, 5.41) is 24.8. The third-order valence-electron chi connectivity index (χ3n) is 5.24. The lowest BCUT2D eigenvalue weighted by Gasteiger charge is -2.31. The molecule has 5 nitrogen and oxygen atoms in total. The van der Waals surface area contributed by atoms with Gasteiger partial charge in [0.2, 0.25) is 5.82 Å². The highest BCUT2D eigenvalue weighted by Crippen LogP contribution is 2.44. The number of aliphatic hydroxyl groups excluding tert-OH is 1. The van der Waals surface area contributed by atoms with Crippen LogP contribution < -0.4 is 0 Å². The first kappa shape index (κ1) is 18.1. The molecule has 0 aliphatic carbocycles. The zero-order valence-corrected chi connectivity index (χ0v) is 15.9. The minimum absolute atomic E-state index is 0.100. The summed E-state index contributed by atoms with van der Waals surface area (Å²) < 4.78 is 0. The molecule has 0 amide bonds. The Bertz CT molecular complexity index is 1060. The van der Waals surface area contributed by atoms with Crippen LogP contribution in [-0.2, 0) is 12.0 Å². The molecule has 0 saturated heterocycles. The molecular formula is C23H22N4O. The van der Waals surface area contributed by atoms with Crippen molar-refractivity contribution in [2.75, 3.05) is 0 Å². The maximum Gasteiger partial charge on any atom is 0.205 e. The van der Waals surface area contributed by atoms with Crippen LogP contribution in [0.2, 0.25) is 0 Å². The highest BCUT2D eigenvalue weighted by atomic mass is 16.3. The van der Waals surface area contributed by atoms with Crippen molar-refractivity contribution in [3.8, 4) is 22.5 Å². The van der Waals surface area contributed by atoms with Gasteiger partial charge in [-0.3, -0.25) is 0 Å². The predicted octanol–water partition coefficient (Wildman–Crippen LogP) is 4.35. The first-order valence-electron chi connectivity index (χ1n) is 9.25. The monoisotopic (exact) mass is 370 g/mol. The second-order valence-electron chi connectivity index (χ2n) is 7.27. The van der Waals surface area contributed by atoms with E-state index in [1.54, 1.807) is 0 Å². The van der Waals surface area contributed by atoms with Gasteiger partial charge in [-0.15, -0.1) is 10.2 Å². The van der Waals surface area contributed by atoms with Crippen molar-refractivity contribution in [2.45, 2.75) is 25.9 Å². The van der Waals surface area contributed by atoms with Crippen LogP contribution in [0.5, 0.6) is 0 Å². The van der Waals surface area contributed by atoms with Crippen molar-refractivity contribution >= 4 is 0 Å². The van der Waals surface area contributed by atoms with Gasteiger partial charge in [0.1, 0.15) is 0 Å². The molecule has 4 rings (SSSR count). The number of nitrogens with zero attached hydrogens (tertiary/aromatic N) is 3. The highest BCUT2D eigenvalue weighted by molar-refractivity contribution is 5.81. The Morgan fingerprint density at radius 2 is 1.57 bits per heavy atom. The van der Waals surface area contributed by atoms with E-state index in [9.17, 15) is 5.11 Å². The minimum atomic E-state index is -0.354. The maximum absolute atomic E-state index is 10.1. The van der Waals surface area contributed by atoms with Crippen LogP contribution in [0.15, 0.2) is 72.8 Å². The van der Waals surface area contributed by atoms with Crippen LogP contribution in [0.1, 0.15) is 30.5 Å². The van der Waals surface area contributed by atoms with E-state index in [0.29, 0.717) is 5.82 Å². The van der Waals surface area contributed by atoms with Crippen LogP contribution in [0.25, 0.3) is 22.5 Å².